The standard InChI is InChI=1S/C21H23N3O3/c25-20(22-10-7-16-14-23-18-5-2-1-4-17(16)18)15-8-11-24(12-9-15)21(26)19-6-3-13-27-19/h1-6,13-15,23H,7-12H2,(H,22,25). The van der Waals surface area contributed by atoms with E-state index >= 15 is 0 Å². The van der Waals surface area contributed by atoms with Gasteiger partial charge in [-0.2, -0.15) is 0 Å². The number of carbonyl (C=O) groups is 2. The number of nitrogens with zero attached hydrogens (tertiary/aromatic N) is 1. The molecule has 140 valence electrons. The van der Waals surface area contributed by atoms with Crippen LogP contribution in [0.3, 0.4) is 0 Å². The summed E-state index contributed by atoms with van der Waals surface area (Å²) >= 11 is 0. The molecule has 0 atom stereocenters. The van der Waals surface area contributed by atoms with Crippen LogP contribution in [0.25, 0.3) is 10.9 Å². The molecule has 1 aliphatic heterocycles. The molecule has 0 radical (unpaired) electrons. The molecule has 2 amide bonds. The lowest BCUT2D eigenvalue weighted by Gasteiger charge is -2.30. The molecule has 1 saturated heterocycles. The average molecular weight is 365 g/mol. The second-order valence-corrected chi connectivity index (χ2v) is 6.94. The van der Waals surface area contributed by atoms with Crippen molar-refractivity contribution in [2.75, 3.05) is 19.6 Å². The Labute approximate surface area is 157 Å². The molecule has 6 heteroatoms. The van der Waals surface area contributed by atoms with E-state index in [0.717, 1.165) is 11.9 Å². The van der Waals surface area contributed by atoms with Crippen LogP contribution in [0.2, 0.25) is 0 Å². The lowest BCUT2D eigenvalue weighted by molar-refractivity contribution is -0.126. The number of hydrogen-bond donors (Lipinski definition) is 2. The SMILES string of the molecule is O=C(NCCc1c[nH]c2ccccc12)C1CCN(C(=O)c2ccco2)CC1. The Bertz CT molecular complexity index is 921. The first-order chi connectivity index (χ1) is 13.2. The first kappa shape index (κ1) is 17.4. The van der Waals surface area contributed by atoms with Crippen molar-refractivity contribution in [2.24, 2.45) is 5.92 Å². The van der Waals surface area contributed by atoms with Crippen LogP contribution in [0.5, 0.6) is 0 Å². The van der Waals surface area contributed by atoms with Crippen molar-refractivity contribution in [1.29, 1.82) is 0 Å². The average Bonchev–Trinajstić information content (AvgIpc) is 3.38. The highest BCUT2D eigenvalue weighted by Crippen LogP contribution is 2.20. The maximum atomic E-state index is 12.5. The van der Waals surface area contributed by atoms with Gasteiger partial charge in [-0.05, 0) is 43.0 Å². The molecule has 0 saturated carbocycles. The number of hydrogen-bond acceptors (Lipinski definition) is 3. The van der Waals surface area contributed by atoms with Gasteiger partial charge in [0.1, 0.15) is 0 Å². The molecular formula is C21H23N3O3. The minimum absolute atomic E-state index is 0.0337. The molecule has 0 bridgehead atoms. The molecule has 4 rings (SSSR count). The number of piperidine rings is 1. The Hall–Kier alpha value is -3.02. The minimum atomic E-state index is -0.0989. The Morgan fingerprint density at radius 1 is 1.15 bits per heavy atom. The molecule has 27 heavy (non-hydrogen) atoms. The van der Waals surface area contributed by atoms with E-state index in [4.69, 9.17) is 4.42 Å². The summed E-state index contributed by atoms with van der Waals surface area (Å²) in [6, 6.07) is 11.6. The van der Waals surface area contributed by atoms with E-state index in [-0.39, 0.29) is 17.7 Å². The van der Waals surface area contributed by atoms with Crippen LogP contribution >= 0.6 is 0 Å². The summed E-state index contributed by atoms with van der Waals surface area (Å²) in [5.41, 5.74) is 2.33. The van der Waals surface area contributed by atoms with Gasteiger partial charge >= 0.3 is 0 Å². The monoisotopic (exact) mass is 365 g/mol. The van der Waals surface area contributed by atoms with Gasteiger partial charge in [-0.25, -0.2) is 0 Å². The highest BCUT2D eigenvalue weighted by molar-refractivity contribution is 5.91. The van der Waals surface area contributed by atoms with Crippen molar-refractivity contribution < 1.29 is 14.0 Å². The molecule has 6 nitrogen and oxygen atoms in total. The molecule has 0 aliphatic carbocycles. The van der Waals surface area contributed by atoms with Crippen LogP contribution in [0, 0.1) is 5.92 Å². The lowest BCUT2D eigenvalue weighted by atomic mass is 9.95. The fourth-order valence-corrected chi connectivity index (χ4v) is 3.70. The van der Waals surface area contributed by atoms with Crippen LogP contribution in [-0.4, -0.2) is 41.3 Å². The number of rotatable bonds is 5. The summed E-state index contributed by atoms with van der Waals surface area (Å²) in [5.74, 6) is 0.309. The Morgan fingerprint density at radius 3 is 2.74 bits per heavy atom. The van der Waals surface area contributed by atoms with Crippen molar-refractivity contribution in [1.82, 2.24) is 15.2 Å². The fourth-order valence-electron chi connectivity index (χ4n) is 3.70. The Kier molecular flexibility index (Phi) is 4.96. The smallest absolute Gasteiger partial charge is 0.289 e. The summed E-state index contributed by atoms with van der Waals surface area (Å²) in [6.07, 6.45) is 5.68. The number of para-hydroxylation sites is 1. The van der Waals surface area contributed by atoms with Gasteiger partial charge in [0.05, 0.1) is 6.26 Å². The largest absolute Gasteiger partial charge is 0.459 e. The van der Waals surface area contributed by atoms with Crippen molar-refractivity contribution in [3.63, 3.8) is 0 Å². The van der Waals surface area contributed by atoms with Crippen LogP contribution in [0.4, 0.5) is 0 Å². The number of fused-ring (bicyclic) bond motifs is 1. The molecule has 1 aliphatic rings. The van der Waals surface area contributed by atoms with Gasteiger partial charge < -0.3 is 19.6 Å². The quantitative estimate of drug-likeness (QED) is 0.730. The summed E-state index contributed by atoms with van der Waals surface area (Å²) in [5, 5.41) is 4.26. The number of aromatic amines is 1. The predicted octanol–water partition coefficient (Wildman–Crippen LogP) is 2.97. The summed E-state index contributed by atoms with van der Waals surface area (Å²) in [4.78, 5) is 29.7. The van der Waals surface area contributed by atoms with Crippen molar-refractivity contribution in [3.8, 4) is 0 Å². The Morgan fingerprint density at radius 2 is 1.96 bits per heavy atom. The molecule has 2 aromatic heterocycles. The molecule has 0 unspecified atom stereocenters. The highest BCUT2D eigenvalue weighted by Gasteiger charge is 2.28. The van der Waals surface area contributed by atoms with Gasteiger partial charge in [0.15, 0.2) is 5.76 Å². The second-order valence-electron chi connectivity index (χ2n) is 6.94. The first-order valence-electron chi connectivity index (χ1n) is 9.38. The van der Waals surface area contributed by atoms with Crippen molar-refractivity contribution in [3.05, 3.63) is 60.2 Å². The number of aromatic nitrogens is 1. The van der Waals surface area contributed by atoms with Crippen LogP contribution in [-0.2, 0) is 11.2 Å². The van der Waals surface area contributed by atoms with Gasteiger partial charge in [0.25, 0.3) is 5.91 Å². The Balaban J connectivity index is 1.24. The molecule has 3 heterocycles. The fraction of sp³-hybridized carbons (Fsp3) is 0.333. The van der Waals surface area contributed by atoms with Gasteiger partial charge in [0, 0.05) is 42.7 Å². The third kappa shape index (κ3) is 3.74. The third-order valence-electron chi connectivity index (χ3n) is 5.25. The zero-order chi connectivity index (χ0) is 18.6. The summed E-state index contributed by atoms with van der Waals surface area (Å²) in [7, 11) is 0. The summed E-state index contributed by atoms with van der Waals surface area (Å²) in [6.45, 7) is 1.78. The van der Waals surface area contributed by atoms with E-state index in [1.165, 1.54) is 17.2 Å². The van der Waals surface area contributed by atoms with Crippen molar-refractivity contribution in [2.45, 2.75) is 19.3 Å². The molecule has 2 N–H and O–H groups in total. The number of carbonyl (C=O) groups excluding carboxylic acids is 2. The molecule has 1 aromatic carbocycles. The minimum Gasteiger partial charge on any atom is -0.459 e. The van der Waals surface area contributed by atoms with Crippen molar-refractivity contribution >= 4 is 22.7 Å². The zero-order valence-corrected chi connectivity index (χ0v) is 15.1. The van der Waals surface area contributed by atoms with Gasteiger partial charge in [-0.1, -0.05) is 18.2 Å². The predicted molar refractivity (Wildman–Crippen MR) is 102 cm³/mol. The number of furan rings is 1. The summed E-state index contributed by atoms with van der Waals surface area (Å²) < 4.78 is 5.17. The number of likely N-dealkylation sites (tertiary alicyclic amines) is 1. The topological polar surface area (TPSA) is 78.3 Å². The zero-order valence-electron chi connectivity index (χ0n) is 15.1. The number of H-pyrrole nitrogens is 1. The number of amides is 2. The molecule has 3 aromatic rings. The highest BCUT2D eigenvalue weighted by atomic mass is 16.3. The van der Waals surface area contributed by atoms with Gasteiger partial charge in [-0.15, -0.1) is 0 Å². The van der Waals surface area contributed by atoms with E-state index in [1.54, 1.807) is 17.0 Å². The lowest BCUT2D eigenvalue weighted by Crippen LogP contribution is -2.43. The van der Waals surface area contributed by atoms with Crippen LogP contribution in [0.15, 0.2) is 53.3 Å². The van der Waals surface area contributed by atoms with E-state index in [0.29, 0.717) is 38.2 Å². The van der Waals surface area contributed by atoms with E-state index in [2.05, 4.69) is 22.4 Å². The molecular weight excluding hydrogens is 342 g/mol. The second kappa shape index (κ2) is 7.70. The maximum Gasteiger partial charge on any atom is 0.289 e. The number of benzene rings is 1. The van der Waals surface area contributed by atoms with Gasteiger partial charge in [0.2, 0.25) is 5.91 Å². The maximum absolute atomic E-state index is 12.5. The number of nitrogens with one attached hydrogen (secondary N) is 2. The van der Waals surface area contributed by atoms with Crippen LogP contribution < -0.4 is 5.32 Å². The normalized spacial score (nSPS) is 15.2. The molecule has 1 fully saturated rings. The van der Waals surface area contributed by atoms with Crippen LogP contribution in [0.1, 0.15) is 29.0 Å². The van der Waals surface area contributed by atoms with Gasteiger partial charge in [-0.3, -0.25) is 9.59 Å². The first-order valence-corrected chi connectivity index (χ1v) is 9.38. The van der Waals surface area contributed by atoms with E-state index in [1.807, 2.05) is 18.3 Å². The van der Waals surface area contributed by atoms with E-state index < -0.39 is 0 Å². The third-order valence-corrected chi connectivity index (χ3v) is 5.25. The van der Waals surface area contributed by atoms with E-state index in [9.17, 15) is 9.59 Å². The molecule has 0 spiro atoms.